The molecule has 0 spiro atoms. The standard InChI is InChI=1S/C16H18ClNO2/c1-20-16-8-7-14(17)9-13(16)10-18-11-15(19)12-5-3-2-4-6-12/h2-9,15,18-19H,10-11H2,1H3. The molecule has 2 rings (SSSR count). The van der Waals surface area contributed by atoms with Gasteiger partial charge >= 0.3 is 0 Å². The number of nitrogens with one attached hydrogen (secondary N) is 1. The van der Waals surface area contributed by atoms with Crippen molar-refractivity contribution < 1.29 is 9.84 Å². The lowest BCUT2D eigenvalue weighted by Crippen LogP contribution is -2.21. The van der Waals surface area contributed by atoms with Gasteiger partial charge in [0.15, 0.2) is 0 Å². The molecular weight excluding hydrogens is 274 g/mol. The second-order valence-electron chi connectivity index (χ2n) is 4.51. The Hall–Kier alpha value is -1.55. The number of rotatable bonds is 6. The molecule has 0 aliphatic carbocycles. The Balaban J connectivity index is 1.91. The molecule has 0 radical (unpaired) electrons. The van der Waals surface area contributed by atoms with Crippen molar-refractivity contribution in [3.63, 3.8) is 0 Å². The highest BCUT2D eigenvalue weighted by Gasteiger charge is 2.08. The predicted octanol–water partition coefficient (Wildman–Crippen LogP) is 3.17. The van der Waals surface area contributed by atoms with Crippen molar-refractivity contribution in [1.29, 1.82) is 0 Å². The summed E-state index contributed by atoms with van der Waals surface area (Å²) in [6.45, 7) is 1.06. The first-order chi connectivity index (χ1) is 9.70. The quantitative estimate of drug-likeness (QED) is 0.859. The van der Waals surface area contributed by atoms with E-state index in [-0.39, 0.29) is 0 Å². The lowest BCUT2D eigenvalue weighted by Gasteiger charge is -2.14. The molecule has 0 fully saturated rings. The van der Waals surface area contributed by atoms with E-state index in [9.17, 15) is 5.11 Å². The molecule has 0 aromatic heterocycles. The van der Waals surface area contributed by atoms with E-state index in [2.05, 4.69) is 5.32 Å². The first-order valence-electron chi connectivity index (χ1n) is 6.47. The molecule has 0 aliphatic rings. The zero-order chi connectivity index (χ0) is 14.4. The molecule has 3 nitrogen and oxygen atoms in total. The molecule has 0 aliphatic heterocycles. The van der Waals surface area contributed by atoms with Crippen molar-refractivity contribution in [1.82, 2.24) is 5.32 Å². The van der Waals surface area contributed by atoms with E-state index in [0.29, 0.717) is 18.1 Å². The highest BCUT2D eigenvalue weighted by molar-refractivity contribution is 6.30. The number of ether oxygens (including phenoxy) is 1. The van der Waals surface area contributed by atoms with Crippen LogP contribution in [0.2, 0.25) is 5.02 Å². The summed E-state index contributed by atoms with van der Waals surface area (Å²) in [5.74, 6) is 0.788. The maximum Gasteiger partial charge on any atom is 0.123 e. The van der Waals surface area contributed by atoms with E-state index in [0.717, 1.165) is 16.9 Å². The van der Waals surface area contributed by atoms with E-state index in [1.54, 1.807) is 13.2 Å². The Kier molecular flexibility index (Phi) is 5.41. The van der Waals surface area contributed by atoms with Crippen molar-refractivity contribution in [2.45, 2.75) is 12.6 Å². The molecule has 0 amide bonds. The fourth-order valence-electron chi connectivity index (χ4n) is 2.02. The van der Waals surface area contributed by atoms with Gasteiger partial charge in [-0.05, 0) is 23.8 Å². The van der Waals surface area contributed by atoms with Gasteiger partial charge in [-0.15, -0.1) is 0 Å². The molecule has 0 bridgehead atoms. The fraction of sp³-hybridized carbons (Fsp3) is 0.250. The Bertz CT molecular complexity index is 545. The summed E-state index contributed by atoms with van der Waals surface area (Å²) in [5.41, 5.74) is 1.87. The van der Waals surface area contributed by atoms with E-state index >= 15 is 0 Å². The first-order valence-corrected chi connectivity index (χ1v) is 6.84. The summed E-state index contributed by atoms with van der Waals surface area (Å²) >= 11 is 5.98. The van der Waals surface area contributed by atoms with Gasteiger partial charge in [0, 0.05) is 23.7 Å². The molecular formula is C16H18ClNO2. The zero-order valence-corrected chi connectivity index (χ0v) is 12.1. The Morgan fingerprint density at radius 2 is 1.95 bits per heavy atom. The molecule has 0 saturated heterocycles. The number of methoxy groups -OCH3 is 1. The second kappa shape index (κ2) is 7.29. The van der Waals surface area contributed by atoms with Crippen molar-refractivity contribution in [2.75, 3.05) is 13.7 Å². The van der Waals surface area contributed by atoms with Crippen LogP contribution in [-0.2, 0) is 6.54 Å². The molecule has 1 atom stereocenters. The molecule has 106 valence electrons. The van der Waals surface area contributed by atoms with Crippen molar-refractivity contribution >= 4 is 11.6 Å². The summed E-state index contributed by atoms with van der Waals surface area (Å²) in [6.07, 6.45) is -0.527. The number of benzene rings is 2. The first kappa shape index (κ1) is 14.9. The van der Waals surface area contributed by atoms with Crippen LogP contribution in [-0.4, -0.2) is 18.8 Å². The number of halogens is 1. The number of hydrogen-bond donors (Lipinski definition) is 2. The van der Waals surface area contributed by atoms with Gasteiger partial charge in [0.1, 0.15) is 5.75 Å². The molecule has 0 saturated carbocycles. The summed E-state index contributed by atoms with van der Waals surface area (Å²) in [4.78, 5) is 0. The molecule has 2 aromatic rings. The monoisotopic (exact) mass is 291 g/mol. The molecule has 0 heterocycles. The molecule has 1 unspecified atom stereocenters. The minimum Gasteiger partial charge on any atom is -0.496 e. The largest absolute Gasteiger partial charge is 0.496 e. The van der Waals surface area contributed by atoms with Gasteiger partial charge in [0.25, 0.3) is 0 Å². The number of hydrogen-bond acceptors (Lipinski definition) is 3. The van der Waals surface area contributed by atoms with Crippen LogP contribution in [0.25, 0.3) is 0 Å². The minimum atomic E-state index is -0.527. The van der Waals surface area contributed by atoms with Crippen LogP contribution in [0, 0.1) is 0 Å². The average Bonchev–Trinajstić information content (AvgIpc) is 2.48. The van der Waals surface area contributed by atoms with Gasteiger partial charge in [-0.3, -0.25) is 0 Å². The number of aliphatic hydroxyl groups is 1. The van der Waals surface area contributed by atoms with Crippen LogP contribution < -0.4 is 10.1 Å². The zero-order valence-electron chi connectivity index (χ0n) is 11.3. The van der Waals surface area contributed by atoms with Crippen molar-refractivity contribution in [2.24, 2.45) is 0 Å². The third kappa shape index (κ3) is 3.97. The normalized spacial score (nSPS) is 12.2. The third-order valence-corrected chi connectivity index (χ3v) is 3.32. The van der Waals surface area contributed by atoms with E-state index < -0.39 is 6.10 Å². The van der Waals surface area contributed by atoms with Crippen LogP contribution in [0.15, 0.2) is 48.5 Å². The average molecular weight is 292 g/mol. The maximum atomic E-state index is 10.1. The fourth-order valence-corrected chi connectivity index (χ4v) is 2.22. The van der Waals surface area contributed by atoms with Gasteiger partial charge in [-0.25, -0.2) is 0 Å². The highest BCUT2D eigenvalue weighted by Crippen LogP contribution is 2.22. The van der Waals surface area contributed by atoms with Crippen molar-refractivity contribution in [3.8, 4) is 5.75 Å². The molecule has 2 N–H and O–H groups in total. The smallest absolute Gasteiger partial charge is 0.123 e. The summed E-state index contributed by atoms with van der Waals surface area (Å²) in [7, 11) is 1.63. The van der Waals surface area contributed by atoms with Crippen LogP contribution in [0.4, 0.5) is 0 Å². The van der Waals surface area contributed by atoms with Crippen LogP contribution in [0.5, 0.6) is 5.75 Å². The lowest BCUT2D eigenvalue weighted by atomic mass is 10.1. The summed E-state index contributed by atoms with van der Waals surface area (Å²) in [5, 5.41) is 13.9. The number of aliphatic hydroxyl groups excluding tert-OH is 1. The van der Waals surface area contributed by atoms with Crippen LogP contribution >= 0.6 is 11.6 Å². The van der Waals surface area contributed by atoms with Crippen LogP contribution in [0.3, 0.4) is 0 Å². The van der Waals surface area contributed by atoms with Crippen LogP contribution in [0.1, 0.15) is 17.2 Å². The molecule has 4 heteroatoms. The minimum absolute atomic E-state index is 0.472. The molecule has 2 aromatic carbocycles. The lowest BCUT2D eigenvalue weighted by molar-refractivity contribution is 0.174. The van der Waals surface area contributed by atoms with Gasteiger partial charge < -0.3 is 15.2 Å². The van der Waals surface area contributed by atoms with Gasteiger partial charge in [-0.1, -0.05) is 41.9 Å². The maximum absolute atomic E-state index is 10.1. The predicted molar refractivity (Wildman–Crippen MR) is 81.1 cm³/mol. The Morgan fingerprint density at radius 3 is 2.65 bits per heavy atom. The molecule has 20 heavy (non-hydrogen) atoms. The SMILES string of the molecule is COc1ccc(Cl)cc1CNCC(O)c1ccccc1. The Morgan fingerprint density at radius 1 is 1.20 bits per heavy atom. The highest BCUT2D eigenvalue weighted by atomic mass is 35.5. The van der Waals surface area contributed by atoms with Crippen molar-refractivity contribution in [3.05, 3.63) is 64.7 Å². The van der Waals surface area contributed by atoms with Gasteiger partial charge in [0.2, 0.25) is 0 Å². The van der Waals surface area contributed by atoms with E-state index in [1.807, 2.05) is 42.5 Å². The Labute approximate surface area is 124 Å². The summed E-state index contributed by atoms with van der Waals surface area (Å²) < 4.78 is 5.28. The third-order valence-electron chi connectivity index (χ3n) is 3.08. The second-order valence-corrected chi connectivity index (χ2v) is 4.95. The van der Waals surface area contributed by atoms with Gasteiger partial charge in [-0.2, -0.15) is 0 Å². The van der Waals surface area contributed by atoms with E-state index in [1.165, 1.54) is 0 Å². The van der Waals surface area contributed by atoms with E-state index in [4.69, 9.17) is 16.3 Å². The van der Waals surface area contributed by atoms with Gasteiger partial charge in [0.05, 0.1) is 13.2 Å². The topological polar surface area (TPSA) is 41.5 Å². The summed E-state index contributed by atoms with van der Waals surface area (Å²) in [6, 6.07) is 15.1.